The van der Waals surface area contributed by atoms with Crippen LogP contribution >= 0.6 is 0 Å². The van der Waals surface area contributed by atoms with Gasteiger partial charge in [0.15, 0.2) is 12.3 Å². The lowest BCUT2D eigenvalue weighted by atomic mass is 10.0. The number of fused-ring (bicyclic) bond motifs is 2. The van der Waals surface area contributed by atoms with E-state index in [1.54, 1.807) is 21.6 Å². The molecule has 0 unspecified atom stereocenters. The van der Waals surface area contributed by atoms with E-state index in [1.807, 2.05) is 104 Å². The van der Waals surface area contributed by atoms with Gasteiger partial charge in [-0.15, -0.1) is 0 Å². The van der Waals surface area contributed by atoms with Gasteiger partial charge in [0.2, 0.25) is 11.5 Å². The number of benzene rings is 4. The topological polar surface area (TPSA) is 168 Å². The average Bonchev–Trinajstić information content (AvgIpc) is 3.58. The van der Waals surface area contributed by atoms with Gasteiger partial charge in [0, 0.05) is 18.7 Å². The van der Waals surface area contributed by atoms with Crippen molar-refractivity contribution in [1.29, 1.82) is 0 Å². The SMILES string of the molecule is CCC(=Cc1oc2ccc(-c3ccccc3)cc2[n+]1CCS(=O)(=O)O)C=C1Oc2ccc(-c3ccccc3)cc2N1CCS(=O)(=O)O.[OH-]. The van der Waals surface area contributed by atoms with Crippen LogP contribution in [0.4, 0.5) is 5.69 Å². The Bertz CT molecular complexity index is 2210. The summed E-state index contributed by atoms with van der Waals surface area (Å²) in [5.41, 5.74) is 6.34. The van der Waals surface area contributed by atoms with E-state index in [0.717, 1.165) is 27.8 Å². The zero-order valence-corrected chi connectivity index (χ0v) is 27.6. The second kappa shape index (κ2) is 14.1. The van der Waals surface area contributed by atoms with Gasteiger partial charge < -0.3 is 19.5 Å². The van der Waals surface area contributed by atoms with Crippen molar-refractivity contribution in [2.24, 2.45) is 0 Å². The molecule has 0 atom stereocenters. The molecule has 0 spiro atoms. The molecule has 1 aliphatic heterocycles. The first-order valence-electron chi connectivity index (χ1n) is 15.0. The number of rotatable bonds is 11. The maximum Gasteiger partial charge on any atom is 0.374 e. The fourth-order valence-electron chi connectivity index (χ4n) is 5.47. The van der Waals surface area contributed by atoms with Crippen LogP contribution in [0.2, 0.25) is 0 Å². The van der Waals surface area contributed by atoms with E-state index in [-0.39, 0.29) is 18.6 Å². The van der Waals surface area contributed by atoms with Gasteiger partial charge in [-0.3, -0.25) is 9.11 Å². The highest BCUT2D eigenvalue weighted by atomic mass is 32.2. The minimum atomic E-state index is -4.27. The highest BCUT2D eigenvalue weighted by molar-refractivity contribution is 7.86. The number of aromatic nitrogens is 1. The van der Waals surface area contributed by atoms with E-state index in [4.69, 9.17) is 9.15 Å². The molecule has 2 heterocycles. The fraction of sp³-hybridized carbons (Fsp3) is 0.171. The summed E-state index contributed by atoms with van der Waals surface area (Å²) in [4.78, 5) is 1.70. The number of allylic oxidation sites excluding steroid dienone is 2. The summed E-state index contributed by atoms with van der Waals surface area (Å²) in [7, 11) is -8.54. The van der Waals surface area contributed by atoms with E-state index < -0.39 is 31.7 Å². The molecule has 1 aromatic heterocycles. The number of hydrogen-bond acceptors (Lipinski definition) is 8. The molecule has 0 saturated heterocycles. The Hall–Kier alpha value is -4.79. The van der Waals surface area contributed by atoms with Crippen LogP contribution in [0.1, 0.15) is 19.2 Å². The van der Waals surface area contributed by atoms with Gasteiger partial charge in [-0.1, -0.05) is 79.7 Å². The molecule has 0 fully saturated rings. The number of oxazole rings is 1. The van der Waals surface area contributed by atoms with Crippen LogP contribution in [0, 0.1) is 0 Å². The van der Waals surface area contributed by atoms with Gasteiger partial charge in [-0.25, -0.2) is 0 Å². The highest BCUT2D eigenvalue weighted by Crippen LogP contribution is 2.42. The zero-order chi connectivity index (χ0) is 33.2. The summed E-state index contributed by atoms with van der Waals surface area (Å²) >= 11 is 0. The normalized spacial score (nSPS) is 14.2. The number of hydrogen-bond donors (Lipinski definition) is 2. The van der Waals surface area contributed by atoms with Gasteiger partial charge in [-0.05, 0) is 52.4 Å². The fourth-order valence-corrected chi connectivity index (χ4v) is 6.30. The molecule has 0 aliphatic carbocycles. The van der Waals surface area contributed by atoms with Crippen LogP contribution in [0.25, 0.3) is 39.4 Å². The first-order chi connectivity index (χ1) is 22.5. The third kappa shape index (κ3) is 8.01. The molecular formula is C35H34N2O9S2. The molecule has 5 aromatic rings. The third-order valence-corrected chi connectivity index (χ3v) is 9.24. The van der Waals surface area contributed by atoms with E-state index >= 15 is 0 Å². The Morgan fingerprint density at radius 1 is 0.792 bits per heavy atom. The van der Waals surface area contributed by atoms with Crippen molar-refractivity contribution in [2.45, 2.75) is 19.9 Å². The molecule has 4 aromatic carbocycles. The molecule has 0 amide bonds. The summed E-state index contributed by atoms with van der Waals surface area (Å²) in [6.07, 6.45) is 4.04. The van der Waals surface area contributed by atoms with Crippen LogP contribution in [0.5, 0.6) is 5.75 Å². The number of aryl methyl sites for hydroxylation is 1. The third-order valence-electron chi connectivity index (χ3n) is 7.85. The Balaban J connectivity index is 0.00000451. The molecular weight excluding hydrogens is 657 g/mol. The molecule has 13 heteroatoms. The van der Waals surface area contributed by atoms with Gasteiger partial charge in [0.25, 0.3) is 25.8 Å². The van der Waals surface area contributed by atoms with Crippen molar-refractivity contribution in [3.05, 3.63) is 120 Å². The zero-order valence-electron chi connectivity index (χ0n) is 25.9. The van der Waals surface area contributed by atoms with Crippen LogP contribution in [-0.2, 0) is 26.8 Å². The van der Waals surface area contributed by atoms with Crippen LogP contribution in [0.3, 0.4) is 0 Å². The molecule has 11 nitrogen and oxygen atoms in total. The van der Waals surface area contributed by atoms with Crippen molar-refractivity contribution in [2.75, 3.05) is 23.0 Å². The largest absolute Gasteiger partial charge is 0.870 e. The quantitative estimate of drug-likeness (QED) is 0.120. The highest BCUT2D eigenvalue weighted by Gasteiger charge is 2.29. The Labute approximate surface area is 278 Å². The van der Waals surface area contributed by atoms with E-state index in [1.165, 1.54) is 0 Å². The first kappa shape index (κ1) is 34.5. The van der Waals surface area contributed by atoms with E-state index in [2.05, 4.69) is 0 Å². The Kier molecular flexibility index (Phi) is 10.2. The molecule has 0 radical (unpaired) electrons. The lowest BCUT2D eigenvalue weighted by Crippen LogP contribution is -2.38. The van der Waals surface area contributed by atoms with Crippen LogP contribution in [0.15, 0.2) is 119 Å². The maximum absolute atomic E-state index is 11.8. The first-order valence-corrected chi connectivity index (χ1v) is 18.2. The predicted octanol–water partition coefficient (Wildman–Crippen LogP) is 6.19. The summed E-state index contributed by atoms with van der Waals surface area (Å²) < 4.78 is 80.3. The second-order valence-corrected chi connectivity index (χ2v) is 14.2. The van der Waals surface area contributed by atoms with Crippen molar-refractivity contribution in [3.8, 4) is 28.0 Å². The minimum Gasteiger partial charge on any atom is -0.870 e. The molecule has 0 saturated carbocycles. The van der Waals surface area contributed by atoms with E-state index in [9.17, 15) is 25.9 Å². The summed E-state index contributed by atoms with van der Waals surface area (Å²) in [5, 5.41) is 0. The average molecular weight is 691 g/mol. The number of ether oxygens (including phenoxy) is 1. The Morgan fingerprint density at radius 2 is 1.40 bits per heavy atom. The maximum atomic E-state index is 11.8. The number of anilines is 1. The molecule has 0 bridgehead atoms. The van der Waals surface area contributed by atoms with Crippen molar-refractivity contribution < 1.29 is 45.1 Å². The summed E-state index contributed by atoms with van der Waals surface area (Å²) in [6, 6.07) is 30.8. The smallest absolute Gasteiger partial charge is 0.374 e. The lowest BCUT2D eigenvalue weighted by Gasteiger charge is -2.18. The van der Waals surface area contributed by atoms with Crippen molar-refractivity contribution >= 4 is 43.1 Å². The molecule has 6 rings (SSSR count). The van der Waals surface area contributed by atoms with E-state index in [0.29, 0.717) is 40.7 Å². The minimum absolute atomic E-state index is 0. The molecule has 250 valence electrons. The predicted molar refractivity (Wildman–Crippen MR) is 183 cm³/mol. The molecule has 3 N–H and O–H groups in total. The van der Waals surface area contributed by atoms with Crippen LogP contribution < -0.4 is 14.2 Å². The summed E-state index contributed by atoms with van der Waals surface area (Å²) in [6.45, 7) is 1.81. The standard InChI is InChI=1S/C35H32N2O8S2.H2O/c1-2-25(21-34-36(17-19-46(38,39)40)30-23-28(13-15-32(30)44-34)26-9-5-3-6-10-26)22-35-37(18-20-47(41,42)43)31-24-29(14-16-33(31)45-35)27-11-7-4-8-12-27;/h3-16,21-24H,2,17-20H2,1H3,(H-,38,39,40,41,42,43);1H2. The lowest BCUT2D eigenvalue weighted by molar-refractivity contribution is -0.673. The Morgan fingerprint density at radius 3 is 2.00 bits per heavy atom. The van der Waals surface area contributed by atoms with Crippen LogP contribution in [-0.4, -0.2) is 49.5 Å². The van der Waals surface area contributed by atoms with Gasteiger partial charge in [0.1, 0.15) is 5.75 Å². The van der Waals surface area contributed by atoms with Crippen molar-refractivity contribution in [1.82, 2.24) is 0 Å². The van der Waals surface area contributed by atoms with Gasteiger partial charge >= 0.3 is 5.89 Å². The van der Waals surface area contributed by atoms with Gasteiger partial charge in [0.05, 0.1) is 17.5 Å². The van der Waals surface area contributed by atoms with Gasteiger partial charge in [-0.2, -0.15) is 21.4 Å². The second-order valence-electron chi connectivity index (χ2n) is 11.1. The molecule has 1 aliphatic rings. The molecule has 48 heavy (non-hydrogen) atoms. The summed E-state index contributed by atoms with van der Waals surface area (Å²) in [5.74, 6) is 0.207. The monoisotopic (exact) mass is 690 g/mol. The number of nitrogens with zero attached hydrogens (tertiary/aromatic N) is 2. The van der Waals surface area contributed by atoms with Crippen molar-refractivity contribution in [3.63, 3.8) is 0 Å².